The molecule has 1 aromatic heterocycles. The summed E-state index contributed by atoms with van der Waals surface area (Å²) in [5, 5.41) is 9.60. The maximum atomic E-state index is 12.9. The second kappa shape index (κ2) is 7.70. The number of carbonyl (C=O) groups excluding carboxylic acids is 1. The fraction of sp³-hybridized carbons (Fsp3) is 0.263. The molecule has 8 heteroatoms. The largest absolute Gasteiger partial charge is 0.290 e. The first-order chi connectivity index (χ1) is 13.1. The average molecular weight is 400 g/mol. The van der Waals surface area contributed by atoms with E-state index in [1.54, 1.807) is 21.3 Å². The van der Waals surface area contributed by atoms with Crippen LogP contribution in [-0.4, -0.2) is 43.3 Å². The summed E-state index contributed by atoms with van der Waals surface area (Å²) in [4.78, 5) is 19.4. The molecule has 0 spiro atoms. The lowest BCUT2D eigenvalue weighted by Gasteiger charge is -2.27. The molecule has 6 nitrogen and oxygen atoms in total. The van der Waals surface area contributed by atoms with Gasteiger partial charge < -0.3 is 0 Å². The van der Waals surface area contributed by atoms with E-state index in [4.69, 9.17) is 11.6 Å². The van der Waals surface area contributed by atoms with Crippen LogP contribution in [0, 0.1) is 6.92 Å². The predicted octanol–water partition coefficient (Wildman–Crippen LogP) is 4.05. The molecule has 1 aliphatic rings. The maximum Gasteiger partial charge on any atom is 0.250 e. The second-order valence-electron chi connectivity index (χ2n) is 6.31. The lowest BCUT2D eigenvalue weighted by molar-refractivity contribution is -0.128. The minimum absolute atomic E-state index is 0.0465. The number of hydrogen-bond donors (Lipinski definition) is 0. The number of hydrogen-bond acceptors (Lipinski definition) is 5. The lowest BCUT2D eigenvalue weighted by atomic mass is 10.2. The van der Waals surface area contributed by atoms with Crippen LogP contribution >= 0.6 is 23.4 Å². The van der Waals surface area contributed by atoms with Crippen LogP contribution in [0.25, 0.3) is 11.0 Å². The van der Waals surface area contributed by atoms with Gasteiger partial charge in [0.15, 0.2) is 5.17 Å². The quantitative estimate of drug-likeness (QED) is 0.666. The SMILES string of the molecule is Cc1ccc(N=C2SCCCN2C(=O)Cn2nnc3ccccc32)cc1Cl. The van der Waals surface area contributed by atoms with Crippen molar-refractivity contribution in [2.75, 3.05) is 12.3 Å². The van der Waals surface area contributed by atoms with Gasteiger partial charge in [0.1, 0.15) is 12.1 Å². The second-order valence-corrected chi connectivity index (χ2v) is 7.78. The molecular formula is C19H18ClN5OS. The molecule has 0 N–H and O–H groups in total. The first-order valence-electron chi connectivity index (χ1n) is 8.68. The first-order valence-corrected chi connectivity index (χ1v) is 10.0. The number of fused-ring (bicyclic) bond motifs is 1. The van der Waals surface area contributed by atoms with Gasteiger partial charge in [-0.2, -0.15) is 0 Å². The molecular weight excluding hydrogens is 382 g/mol. The first kappa shape index (κ1) is 18.0. The van der Waals surface area contributed by atoms with Crippen molar-refractivity contribution in [3.8, 4) is 0 Å². The third kappa shape index (κ3) is 3.84. The topological polar surface area (TPSA) is 63.4 Å². The van der Waals surface area contributed by atoms with Gasteiger partial charge in [-0.15, -0.1) is 5.10 Å². The normalized spacial score (nSPS) is 16.2. The number of aryl methyl sites for hydroxylation is 1. The Morgan fingerprint density at radius 3 is 3.00 bits per heavy atom. The number of rotatable bonds is 3. The minimum atomic E-state index is -0.0465. The summed E-state index contributed by atoms with van der Waals surface area (Å²) in [5.74, 6) is 0.892. The Labute approximate surface area is 166 Å². The van der Waals surface area contributed by atoms with Crippen LogP contribution in [0.4, 0.5) is 5.69 Å². The summed E-state index contributed by atoms with van der Waals surface area (Å²) in [6.45, 7) is 2.73. The van der Waals surface area contributed by atoms with E-state index in [0.717, 1.165) is 34.5 Å². The van der Waals surface area contributed by atoms with Crippen LogP contribution in [0.2, 0.25) is 5.02 Å². The molecule has 0 saturated carbocycles. The molecule has 138 valence electrons. The molecule has 1 aliphatic heterocycles. The summed E-state index contributed by atoms with van der Waals surface area (Å²) in [7, 11) is 0. The van der Waals surface area contributed by atoms with Crippen LogP contribution in [0.3, 0.4) is 0 Å². The van der Waals surface area contributed by atoms with Crippen molar-refractivity contribution in [1.29, 1.82) is 0 Å². The van der Waals surface area contributed by atoms with E-state index >= 15 is 0 Å². The van der Waals surface area contributed by atoms with E-state index in [9.17, 15) is 4.79 Å². The monoisotopic (exact) mass is 399 g/mol. The molecule has 2 aromatic carbocycles. The Kier molecular flexibility index (Phi) is 5.13. The summed E-state index contributed by atoms with van der Waals surface area (Å²) >= 11 is 7.79. The molecule has 0 unspecified atom stereocenters. The minimum Gasteiger partial charge on any atom is -0.290 e. The van der Waals surface area contributed by atoms with Crippen LogP contribution in [0.15, 0.2) is 47.5 Å². The molecule has 1 amide bonds. The highest BCUT2D eigenvalue weighted by Crippen LogP contribution is 2.26. The number of thioether (sulfide) groups is 1. The highest BCUT2D eigenvalue weighted by atomic mass is 35.5. The maximum absolute atomic E-state index is 12.9. The summed E-state index contributed by atoms with van der Waals surface area (Å²) < 4.78 is 1.64. The zero-order valence-corrected chi connectivity index (χ0v) is 16.4. The Morgan fingerprint density at radius 2 is 2.15 bits per heavy atom. The van der Waals surface area contributed by atoms with Gasteiger partial charge in [-0.05, 0) is 43.2 Å². The molecule has 3 aromatic rings. The van der Waals surface area contributed by atoms with Gasteiger partial charge in [-0.25, -0.2) is 9.67 Å². The van der Waals surface area contributed by atoms with Crippen molar-refractivity contribution in [2.45, 2.75) is 19.9 Å². The van der Waals surface area contributed by atoms with E-state index in [0.29, 0.717) is 16.7 Å². The highest BCUT2D eigenvalue weighted by Gasteiger charge is 2.24. The Balaban J connectivity index is 1.59. The smallest absolute Gasteiger partial charge is 0.250 e. The lowest BCUT2D eigenvalue weighted by Crippen LogP contribution is -2.41. The number of amidine groups is 1. The Morgan fingerprint density at radius 1 is 1.30 bits per heavy atom. The average Bonchev–Trinajstić information content (AvgIpc) is 3.08. The van der Waals surface area contributed by atoms with E-state index in [-0.39, 0.29) is 12.5 Å². The van der Waals surface area contributed by atoms with E-state index < -0.39 is 0 Å². The third-order valence-corrected chi connectivity index (χ3v) is 5.84. The number of amides is 1. The van der Waals surface area contributed by atoms with Gasteiger partial charge in [-0.3, -0.25) is 9.69 Å². The summed E-state index contributed by atoms with van der Waals surface area (Å²) in [6.07, 6.45) is 0.933. The van der Waals surface area contributed by atoms with Gasteiger partial charge in [0.05, 0.1) is 11.2 Å². The van der Waals surface area contributed by atoms with Crippen LogP contribution in [-0.2, 0) is 11.3 Å². The number of carbonyl (C=O) groups is 1. The molecule has 0 atom stereocenters. The highest BCUT2D eigenvalue weighted by molar-refractivity contribution is 8.13. The van der Waals surface area contributed by atoms with Crippen molar-refractivity contribution in [3.05, 3.63) is 53.1 Å². The van der Waals surface area contributed by atoms with Gasteiger partial charge >= 0.3 is 0 Å². The van der Waals surface area contributed by atoms with Gasteiger partial charge in [0.2, 0.25) is 5.91 Å². The van der Waals surface area contributed by atoms with Crippen molar-refractivity contribution in [3.63, 3.8) is 0 Å². The standard InChI is InChI=1S/C19H18ClN5OS/c1-13-7-8-14(11-15(13)20)21-19-24(9-4-10-27-19)18(26)12-25-17-6-3-2-5-16(17)22-23-25/h2-3,5-8,11H,4,9-10,12H2,1H3. The predicted molar refractivity (Wildman–Crippen MR) is 110 cm³/mol. The molecule has 1 fully saturated rings. The molecule has 27 heavy (non-hydrogen) atoms. The van der Waals surface area contributed by atoms with Crippen LogP contribution in [0.1, 0.15) is 12.0 Å². The zero-order valence-electron chi connectivity index (χ0n) is 14.8. The Hall–Kier alpha value is -2.38. The van der Waals surface area contributed by atoms with Crippen LogP contribution < -0.4 is 0 Å². The van der Waals surface area contributed by atoms with Crippen molar-refractivity contribution < 1.29 is 4.79 Å². The number of nitrogens with zero attached hydrogens (tertiary/aromatic N) is 5. The third-order valence-electron chi connectivity index (χ3n) is 4.37. The Bertz CT molecular complexity index is 1030. The number of halogens is 1. The van der Waals surface area contributed by atoms with Gasteiger partial charge in [0.25, 0.3) is 0 Å². The fourth-order valence-electron chi connectivity index (χ4n) is 2.89. The number of aliphatic imine (C=N–C) groups is 1. The fourth-order valence-corrected chi connectivity index (χ4v) is 4.04. The summed E-state index contributed by atoms with van der Waals surface area (Å²) in [6, 6.07) is 13.3. The van der Waals surface area contributed by atoms with Crippen molar-refractivity contribution in [2.24, 2.45) is 4.99 Å². The van der Waals surface area contributed by atoms with Gasteiger partial charge in [-0.1, -0.05) is 46.8 Å². The molecule has 2 heterocycles. The summed E-state index contributed by atoms with van der Waals surface area (Å²) in [5.41, 5.74) is 3.38. The number of benzene rings is 2. The number of para-hydroxylation sites is 1. The zero-order chi connectivity index (χ0) is 18.8. The van der Waals surface area contributed by atoms with E-state index in [1.165, 1.54) is 0 Å². The molecule has 0 radical (unpaired) electrons. The number of aromatic nitrogens is 3. The van der Waals surface area contributed by atoms with Crippen LogP contribution in [0.5, 0.6) is 0 Å². The van der Waals surface area contributed by atoms with Crippen molar-refractivity contribution >= 4 is 51.2 Å². The van der Waals surface area contributed by atoms with Crippen molar-refractivity contribution in [1.82, 2.24) is 19.9 Å². The molecule has 4 rings (SSSR count). The molecule has 1 saturated heterocycles. The van der Waals surface area contributed by atoms with E-state index in [2.05, 4.69) is 15.3 Å². The molecule has 0 bridgehead atoms. The molecule has 0 aliphatic carbocycles. The van der Waals surface area contributed by atoms with Gasteiger partial charge in [0, 0.05) is 17.3 Å². The van der Waals surface area contributed by atoms with E-state index in [1.807, 2.05) is 49.4 Å².